The second-order valence-corrected chi connectivity index (χ2v) is 6.45. The van der Waals surface area contributed by atoms with Gasteiger partial charge in [-0.05, 0) is 48.8 Å². The van der Waals surface area contributed by atoms with Gasteiger partial charge < -0.3 is 14.2 Å². The molecule has 29 heavy (non-hydrogen) atoms. The van der Waals surface area contributed by atoms with Gasteiger partial charge in [-0.25, -0.2) is 4.79 Å². The summed E-state index contributed by atoms with van der Waals surface area (Å²) in [5.74, 6) is 0.905. The van der Waals surface area contributed by atoms with Gasteiger partial charge in [-0.1, -0.05) is 30.8 Å². The molecule has 0 spiro atoms. The summed E-state index contributed by atoms with van der Waals surface area (Å²) < 4.78 is 15.8. The number of hydrogen-bond acceptors (Lipinski definition) is 5. The minimum absolute atomic E-state index is 0.0250. The zero-order valence-corrected chi connectivity index (χ0v) is 16.4. The number of ether oxygens (including phenoxy) is 3. The third-order valence-electron chi connectivity index (χ3n) is 4.62. The van der Waals surface area contributed by atoms with Gasteiger partial charge in [0.1, 0.15) is 5.75 Å². The van der Waals surface area contributed by atoms with Crippen LogP contribution in [0.15, 0.2) is 66.3 Å². The molecule has 0 heterocycles. The van der Waals surface area contributed by atoms with E-state index in [9.17, 15) is 9.59 Å². The minimum atomic E-state index is -0.563. The molecule has 1 aliphatic carbocycles. The molecule has 0 aliphatic heterocycles. The lowest BCUT2D eigenvalue weighted by molar-refractivity contribution is -0.129. The van der Waals surface area contributed by atoms with Crippen LogP contribution in [0.25, 0.3) is 12.2 Å². The molecule has 5 heteroatoms. The monoisotopic (exact) mass is 390 g/mol. The third kappa shape index (κ3) is 4.63. The van der Waals surface area contributed by atoms with Crippen molar-refractivity contribution in [1.29, 1.82) is 0 Å². The fourth-order valence-electron chi connectivity index (χ4n) is 3.16. The number of ketones is 1. The molecule has 0 radical (unpaired) electrons. The molecule has 2 aromatic carbocycles. The molecule has 1 saturated carbocycles. The van der Waals surface area contributed by atoms with Gasteiger partial charge in [-0.3, -0.25) is 4.79 Å². The second-order valence-electron chi connectivity index (χ2n) is 6.45. The van der Waals surface area contributed by atoms with E-state index in [0.717, 1.165) is 34.1 Å². The molecule has 0 N–H and O–H groups in total. The van der Waals surface area contributed by atoms with E-state index in [-0.39, 0.29) is 5.78 Å². The predicted molar refractivity (Wildman–Crippen MR) is 112 cm³/mol. The maximum Gasteiger partial charge on any atom is 0.335 e. The minimum Gasteiger partial charge on any atom is -0.496 e. The molecular weight excluding hydrogens is 368 g/mol. The van der Waals surface area contributed by atoms with Crippen molar-refractivity contribution in [3.05, 3.63) is 77.4 Å². The number of allylic oxidation sites excluding steroid dienone is 2. The molecule has 0 amide bonds. The fraction of sp³-hybridized carbons (Fsp3) is 0.167. The average molecular weight is 390 g/mol. The summed E-state index contributed by atoms with van der Waals surface area (Å²) in [4.78, 5) is 24.3. The van der Waals surface area contributed by atoms with Gasteiger partial charge in [0, 0.05) is 22.8 Å². The van der Waals surface area contributed by atoms with Gasteiger partial charge in [0.05, 0.1) is 14.2 Å². The van der Waals surface area contributed by atoms with Crippen molar-refractivity contribution in [3.8, 4) is 17.2 Å². The standard InChI is InChI=1S/C24H22O5/c1-4-23(25)29-21-12-9-16(14-22(21)28-3)13-18-10-11-19(24(18)26)15-17-7-5-6-8-20(17)27-2/h4-9,12-15H,1,10-11H2,2-3H3/b18-13+,19-15?. The Hall–Kier alpha value is -3.60. The van der Waals surface area contributed by atoms with E-state index in [4.69, 9.17) is 14.2 Å². The number of para-hydroxylation sites is 1. The van der Waals surface area contributed by atoms with Gasteiger partial charge in [0.15, 0.2) is 17.3 Å². The lowest BCUT2D eigenvalue weighted by atomic mass is 10.1. The van der Waals surface area contributed by atoms with E-state index < -0.39 is 5.97 Å². The van der Waals surface area contributed by atoms with Crippen LogP contribution in [0.1, 0.15) is 24.0 Å². The molecule has 1 aliphatic rings. The van der Waals surface area contributed by atoms with Crippen LogP contribution < -0.4 is 14.2 Å². The Morgan fingerprint density at radius 1 is 0.931 bits per heavy atom. The first-order chi connectivity index (χ1) is 14.0. The molecule has 0 bridgehead atoms. The average Bonchev–Trinajstić information content (AvgIpc) is 3.08. The van der Waals surface area contributed by atoms with Crippen molar-refractivity contribution >= 4 is 23.9 Å². The summed E-state index contributed by atoms with van der Waals surface area (Å²) in [6, 6.07) is 12.7. The van der Waals surface area contributed by atoms with Crippen molar-refractivity contribution < 1.29 is 23.8 Å². The third-order valence-corrected chi connectivity index (χ3v) is 4.62. The molecule has 1 fully saturated rings. The normalized spacial score (nSPS) is 16.1. The number of carbonyl (C=O) groups excluding carboxylic acids is 2. The molecule has 0 saturated heterocycles. The summed E-state index contributed by atoms with van der Waals surface area (Å²) in [6.45, 7) is 3.38. The zero-order chi connectivity index (χ0) is 20.8. The van der Waals surface area contributed by atoms with Crippen LogP contribution in [0, 0.1) is 0 Å². The Balaban J connectivity index is 1.84. The first kappa shape index (κ1) is 20.1. The van der Waals surface area contributed by atoms with Crippen molar-refractivity contribution in [2.75, 3.05) is 14.2 Å². The largest absolute Gasteiger partial charge is 0.496 e. The van der Waals surface area contributed by atoms with E-state index >= 15 is 0 Å². The Kier molecular flexibility index (Phi) is 6.29. The van der Waals surface area contributed by atoms with Gasteiger partial charge >= 0.3 is 5.97 Å². The highest BCUT2D eigenvalue weighted by Crippen LogP contribution is 2.33. The highest BCUT2D eigenvalue weighted by atomic mass is 16.6. The van der Waals surface area contributed by atoms with E-state index in [0.29, 0.717) is 24.3 Å². The molecule has 3 rings (SSSR count). The number of Topliss-reactive ketones (excluding diaryl/α,β-unsaturated/α-hetero) is 1. The molecule has 0 aromatic heterocycles. The number of rotatable bonds is 6. The second kappa shape index (κ2) is 9.06. The number of carbonyl (C=O) groups is 2. The van der Waals surface area contributed by atoms with Crippen molar-refractivity contribution in [2.24, 2.45) is 0 Å². The lowest BCUT2D eigenvalue weighted by Gasteiger charge is -2.09. The predicted octanol–water partition coefficient (Wildman–Crippen LogP) is 4.63. The summed E-state index contributed by atoms with van der Waals surface area (Å²) in [7, 11) is 3.11. The first-order valence-corrected chi connectivity index (χ1v) is 9.17. The molecule has 0 atom stereocenters. The topological polar surface area (TPSA) is 61.8 Å². The van der Waals surface area contributed by atoms with Gasteiger partial charge in [-0.15, -0.1) is 0 Å². The van der Waals surface area contributed by atoms with Gasteiger partial charge in [0.25, 0.3) is 0 Å². The maximum absolute atomic E-state index is 12.8. The van der Waals surface area contributed by atoms with E-state index in [1.54, 1.807) is 25.3 Å². The molecule has 2 aromatic rings. The van der Waals surface area contributed by atoms with Crippen molar-refractivity contribution in [3.63, 3.8) is 0 Å². The van der Waals surface area contributed by atoms with Gasteiger partial charge in [0.2, 0.25) is 0 Å². The van der Waals surface area contributed by atoms with Crippen LogP contribution in [0.5, 0.6) is 17.2 Å². The fourth-order valence-corrected chi connectivity index (χ4v) is 3.16. The van der Waals surface area contributed by atoms with Crippen LogP contribution in [0.3, 0.4) is 0 Å². The van der Waals surface area contributed by atoms with E-state index in [1.165, 1.54) is 7.11 Å². The van der Waals surface area contributed by atoms with Gasteiger partial charge in [-0.2, -0.15) is 0 Å². The van der Waals surface area contributed by atoms with Crippen molar-refractivity contribution in [2.45, 2.75) is 12.8 Å². The molecular formula is C24H22O5. The highest BCUT2D eigenvalue weighted by molar-refractivity contribution is 6.15. The smallest absolute Gasteiger partial charge is 0.335 e. The molecule has 5 nitrogen and oxygen atoms in total. The van der Waals surface area contributed by atoms with E-state index in [2.05, 4.69) is 6.58 Å². The number of benzene rings is 2. The first-order valence-electron chi connectivity index (χ1n) is 9.17. The SMILES string of the molecule is C=CC(=O)Oc1ccc(/C=C2\CCC(=Cc3ccccc3OC)C2=O)cc1OC. The van der Waals surface area contributed by atoms with Crippen LogP contribution in [0.2, 0.25) is 0 Å². The maximum atomic E-state index is 12.8. The molecule has 148 valence electrons. The summed E-state index contributed by atoms with van der Waals surface area (Å²) in [5.41, 5.74) is 3.16. The lowest BCUT2D eigenvalue weighted by Crippen LogP contribution is -2.04. The Labute approximate surface area is 169 Å². The van der Waals surface area contributed by atoms with Crippen LogP contribution in [-0.4, -0.2) is 26.0 Å². The number of esters is 1. The number of hydrogen-bond donors (Lipinski definition) is 0. The highest BCUT2D eigenvalue weighted by Gasteiger charge is 2.23. The van der Waals surface area contributed by atoms with Crippen LogP contribution in [-0.2, 0) is 9.59 Å². The zero-order valence-electron chi connectivity index (χ0n) is 16.4. The van der Waals surface area contributed by atoms with Crippen LogP contribution in [0.4, 0.5) is 0 Å². The summed E-state index contributed by atoms with van der Waals surface area (Å²) in [5, 5.41) is 0. The summed E-state index contributed by atoms with van der Waals surface area (Å²) in [6.07, 6.45) is 6.15. The van der Waals surface area contributed by atoms with Crippen molar-refractivity contribution in [1.82, 2.24) is 0 Å². The quantitative estimate of drug-likeness (QED) is 0.409. The summed E-state index contributed by atoms with van der Waals surface area (Å²) >= 11 is 0. The Morgan fingerprint density at radius 3 is 2.31 bits per heavy atom. The number of methoxy groups -OCH3 is 2. The van der Waals surface area contributed by atoms with Crippen LogP contribution >= 0.6 is 0 Å². The Morgan fingerprint density at radius 2 is 1.62 bits per heavy atom. The van der Waals surface area contributed by atoms with E-state index in [1.807, 2.05) is 36.4 Å². The Bertz CT molecular complexity index is 1010. The molecule has 0 unspecified atom stereocenters.